The lowest BCUT2D eigenvalue weighted by molar-refractivity contribution is -0.138. The van der Waals surface area contributed by atoms with Crippen molar-refractivity contribution in [2.45, 2.75) is 61.8 Å². The first-order chi connectivity index (χ1) is 23.1. The third kappa shape index (κ3) is 4.97. The van der Waals surface area contributed by atoms with E-state index < -0.39 is 34.9 Å². The van der Waals surface area contributed by atoms with E-state index in [1.807, 2.05) is 4.90 Å². The second kappa shape index (κ2) is 11.2. The smallest absolute Gasteiger partial charge is 0.319 e. The number of aromatic hydroxyl groups is 1. The van der Waals surface area contributed by atoms with Gasteiger partial charge in [-0.05, 0) is 55.8 Å². The lowest BCUT2D eigenvalue weighted by atomic mass is 9.92. The Kier molecular flexibility index (Phi) is 7.16. The summed E-state index contributed by atoms with van der Waals surface area (Å²) in [4.78, 5) is 29.6. The van der Waals surface area contributed by atoms with Gasteiger partial charge >= 0.3 is 12.0 Å². The molecule has 4 aromatic rings. The van der Waals surface area contributed by atoms with Crippen molar-refractivity contribution < 1.29 is 32.9 Å². The van der Waals surface area contributed by atoms with E-state index in [9.17, 15) is 23.8 Å². The number of terminal acetylenes is 1. The predicted octanol–water partition coefficient (Wildman–Crippen LogP) is 4.55. The van der Waals surface area contributed by atoms with Crippen molar-refractivity contribution in [2.75, 3.05) is 37.7 Å². The average Bonchev–Trinajstić information content (AvgIpc) is 3.67. The Labute approximate surface area is 273 Å². The van der Waals surface area contributed by atoms with E-state index in [1.54, 1.807) is 0 Å². The zero-order valence-electron chi connectivity index (χ0n) is 26.0. The summed E-state index contributed by atoms with van der Waals surface area (Å²) in [7, 11) is 0. The van der Waals surface area contributed by atoms with E-state index in [1.165, 1.54) is 30.5 Å². The van der Waals surface area contributed by atoms with Crippen molar-refractivity contribution in [2.24, 2.45) is 0 Å². The van der Waals surface area contributed by atoms with Gasteiger partial charge in [-0.15, -0.1) is 6.42 Å². The number of aliphatic carboxylic acids is 1. The summed E-state index contributed by atoms with van der Waals surface area (Å²) < 4.78 is 52.5. The van der Waals surface area contributed by atoms with Crippen LogP contribution >= 0.6 is 0 Å². The molecule has 2 bridgehead atoms. The lowest BCUT2D eigenvalue weighted by Crippen LogP contribution is -2.60. The Balaban J connectivity index is 1.28. The number of aromatic nitrogens is 3. The van der Waals surface area contributed by atoms with Gasteiger partial charge in [-0.25, -0.2) is 13.2 Å². The largest absolute Gasteiger partial charge is 0.508 e. The zero-order chi connectivity index (χ0) is 33.4. The number of pyridine rings is 1. The van der Waals surface area contributed by atoms with Crippen molar-refractivity contribution >= 4 is 33.5 Å². The molecule has 0 amide bonds. The highest BCUT2D eigenvalue weighted by Crippen LogP contribution is 2.43. The molecular weight excluding hydrogens is 625 g/mol. The number of halogens is 3. The van der Waals surface area contributed by atoms with Crippen LogP contribution in [-0.4, -0.2) is 92.1 Å². The standard InChI is InChI=1S/C35H33F3N6O4/c1-2-23-26(37)5-4-19-10-22(45)11-24(28(19)23)30-29(38)31-25(14-39-30)32(43-16-21-6-8-34(17-43,42-21)13-27(46)47)41-33(40-31)48-18-35-7-3-9-44(35)15-20(36)12-35/h1,4-5,10-11,14,20-21,42,45H,3,6-9,12-13,15-18H2,(H,46,47)/t20-,21?,34?,35+/m1/s1. The molecule has 0 saturated carbocycles. The molecule has 10 nitrogen and oxygen atoms in total. The van der Waals surface area contributed by atoms with Gasteiger partial charge in [0.2, 0.25) is 0 Å². The van der Waals surface area contributed by atoms with Crippen molar-refractivity contribution in [3.05, 3.63) is 47.7 Å². The summed E-state index contributed by atoms with van der Waals surface area (Å²) in [5, 5.41) is 24.6. The highest BCUT2D eigenvalue weighted by atomic mass is 19.1. The molecule has 0 aliphatic carbocycles. The van der Waals surface area contributed by atoms with Gasteiger partial charge in [0.25, 0.3) is 0 Å². The van der Waals surface area contributed by atoms with Gasteiger partial charge in [-0.3, -0.25) is 14.7 Å². The Morgan fingerprint density at radius 1 is 1.21 bits per heavy atom. The molecule has 4 aliphatic heterocycles. The second-order valence-electron chi connectivity index (χ2n) is 13.6. The van der Waals surface area contributed by atoms with Crippen LogP contribution in [0.5, 0.6) is 11.8 Å². The molecule has 4 aliphatic rings. The fourth-order valence-electron chi connectivity index (χ4n) is 8.55. The van der Waals surface area contributed by atoms with Crippen LogP contribution in [0.3, 0.4) is 0 Å². The number of phenols is 1. The molecule has 48 heavy (non-hydrogen) atoms. The number of hydrogen-bond donors (Lipinski definition) is 3. The van der Waals surface area contributed by atoms with Crippen LogP contribution in [0, 0.1) is 24.0 Å². The Morgan fingerprint density at radius 2 is 2.06 bits per heavy atom. The summed E-state index contributed by atoms with van der Waals surface area (Å²) in [6.45, 7) is 2.01. The normalized spacial score (nSPS) is 26.7. The molecular formula is C35H33F3N6O4. The number of benzene rings is 2. The minimum Gasteiger partial charge on any atom is -0.508 e. The van der Waals surface area contributed by atoms with Crippen LogP contribution in [0.25, 0.3) is 32.9 Å². The highest BCUT2D eigenvalue weighted by Gasteiger charge is 2.50. The number of fused-ring (bicyclic) bond motifs is 5. The molecule has 3 N–H and O–H groups in total. The molecule has 4 saturated heterocycles. The summed E-state index contributed by atoms with van der Waals surface area (Å²) in [5.74, 6) is 0.0274. The summed E-state index contributed by atoms with van der Waals surface area (Å²) in [6, 6.07) is 5.21. The molecule has 2 unspecified atom stereocenters. The van der Waals surface area contributed by atoms with E-state index in [-0.39, 0.29) is 63.9 Å². The van der Waals surface area contributed by atoms with Gasteiger partial charge in [-0.1, -0.05) is 12.0 Å². The molecule has 0 radical (unpaired) electrons. The van der Waals surface area contributed by atoms with Crippen LogP contribution in [0.4, 0.5) is 19.0 Å². The van der Waals surface area contributed by atoms with Crippen molar-refractivity contribution in [3.63, 3.8) is 0 Å². The average molecular weight is 659 g/mol. The molecule has 2 aromatic carbocycles. The number of phenolic OH excluding ortho intramolecular Hbond substituents is 1. The maximum Gasteiger partial charge on any atom is 0.319 e. The number of carbonyl (C=O) groups is 1. The quantitative estimate of drug-likeness (QED) is 0.244. The number of rotatable bonds is 7. The summed E-state index contributed by atoms with van der Waals surface area (Å²) >= 11 is 0. The lowest BCUT2D eigenvalue weighted by Gasteiger charge is -2.41. The van der Waals surface area contributed by atoms with E-state index in [2.05, 4.69) is 26.1 Å². The molecule has 8 rings (SSSR count). The minimum absolute atomic E-state index is 0.00814. The van der Waals surface area contributed by atoms with Crippen LogP contribution in [-0.2, 0) is 4.79 Å². The van der Waals surface area contributed by atoms with E-state index >= 15 is 4.39 Å². The number of nitrogens with zero attached hydrogens (tertiary/aromatic N) is 5. The Morgan fingerprint density at radius 3 is 2.88 bits per heavy atom. The van der Waals surface area contributed by atoms with E-state index in [0.717, 1.165) is 25.8 Å². The number of carboxylic acid groups (broad SMARTS) is 1. The third-order valence-electron chi connectivity index (χ3n) is 10.5. The van der Waals surface area contributed by atoms with Crippen LogP contribution < -0.4 is 15.0 Å². The van der Waals surface area contributed by atoms with Gasteiger partial charge in [0.05, 0.1) is 22.9 Å². The fourth-order valence-corrected chi connectivity index (χ4v) is 8.55. The van der Waals surface area contributed by atoms with Crippen LogP contribution in [0.2, 0.25) is 0 Å². The van der Waals surface area contributed by atoms with Crippen molar-refractivity contribution in [1.29, 1.82) is 0 Å². The summed E-state index contributed by atoms with van der Waals surface area (Å²) in [6.07, 6.45) is 9.46. The number of piperazine rings is 1. The number of alkyl halides is 1. The molecule has 0 spiro atoms. The second-order valence-corrected chi connectivity index (χ2v) is 13.6. The van der Waals surface area contributed by atoms with Gasteiger partial charge in [0, 0.05) is 54.8 Å². The number of nitrogens with one attached hydrogen (secondary N) is 1. The molecule has 4 atom stereocenters. The minimum atomic E-state index is -0.968. The first-order valence-corrected chi connectivity index (χ1v) is 16.1. The van der Waals surface area contributed by atoms with Crippen LogP contribution in [0.1, 0.15) is 44.1 Å². The third-order valence-corrected chi connectivity index (χ3v) is 10.5. The zero-order valence-corrected chi connectivity index (χ0v) is 26.0. The number of hydrogen-bond acceptors (Lipinski definition) is 9. The van der Waals surface area contributed by atoms with Crippen molar-refractivity contribution in [3.8, 4) is 35.4 Å². The summed E-state index contributed by atoms with van der Waals surface area (Å²) in [5.41, 5.74) is -1.54. The number of carboxylic acids is 1. The van der Waals surface area contributed by atoms with Crippen LogP contribution in [0.15, 0.2) is 30.5 Å². The molecule has 2 aromatic heterocycles. The predicted molar refractivity (Wildman–Crippen MR) is 172 cm³/mol. The Bertz CT molecular complexity index is 2040. The molecule has 13 heteroatoms. The van der Waals surface area contributed by atoms with Gasteiger partial charge < -0.3 is 25.2 Å². The van der Waals surface area contributed by atoms with Crippen molar-refractivity contribution in [1.82, 2.24) is 25.2 Å². The highest BCUT2D eigenvalue weighted by molar-refractivity contribution is 6.03. The molecule has 4 fully saturated rings. The topological polar surface area (TPSA) is 124 Å². The maximum absolute atomic E-state index is 16.9. The first-order valence-electron chi connectivity index (χ1n) is 16.1. The maximum atomic E-state index is 16.9. The van der Waals surface area contributed by atoms with E-state index in [0.29, 0.717) is 43.7 Å². The molecule has 6 heterocycles. The van der Waals surface area contributed by atoms with Gasteiger partial charge in [-0.2, -0.15) is 9.97 Å². The van der Waals surface area contributed by atoms with Gasteiger partial charge in [0.15, 0.2) is 5.82 Å². The SMILES string of the molecule is C#Cc1c(F)ccc2cc(O)cc(-c3ncc4c(N5CC6CCC(CC(=O)O)(C5)N6)nc(OC[C@@]56CCCN5C[C@H](F)C6)nc4c3F)c12. The Hall–Kier alpha value is -4.67. The monoisotopic (exact) mass is 658 g/mol. The van der Waals surface area contributed by atoms with Gasteiger partial charge in [0.1, 0.15) is 41.4 Å². The first kappa shape index (κ1) is 30.7. The number of ether oxygens (including phenoxy) is 1. The number of anilines is 1. The van der Waals surface area contributed by atoms with E-state index in [4.69, 9.17) is 16.1 Å². The fraction of sp³-hybridized carbons (Fsp3) is 0.429. The molecule has 248 valence electrons.